The fourth-order valence-electron chi connectivity index (χ4n) is 6.14. The first-order valence-corrected chi connectivity index (χ1v) is 15.5. The minimum atomic E-state index is -1.81. The Kier molecular flexibility index (Phi) is 7.41. The molecule has 4 nitrogen and oxygen atoms in total. The van der Waals surface area contributed by atoms with Crippen LogP contribution >= 0.6 is 0 Å². The molecule has 4 bridgehead atoms. The molecule has 5 heteroatoms. The topological polar surface area (TPSA) is 63.6 Å². The van der Waals surface area contributed by atoms with Crippen LogP contribution in [0.15, 0.2) is 0 Å². The fourth-order valence-corrected chi connectivity index (χ4v) is 7.55. The van der Waals surface area contributed by atoms with Crippen LogP contribution in [0.2, 0.25) is 18.1 Å². The van der Waals surface area contributed by atoms with Gasteiger partial charge in [0, 0.05) is 48.3 Å². The van der Waals surface area contributed by atoms with Crippen molar-refractivity contribution in [2.24, 2.45) is 22.7 Å². The molecule has 6 fully saturated rings. The van der Waals surface area contributed by atoms with Crippen molar-refractivity contribution in [3.8, 4) is 24.7 Å². The van der Waals surface area contributed by atoms with Crippen LogP contribution in [0.1, 0.15) is 85.0 Å². The van der Waals surface area contributed by atoms with Gasteiger partial charge in [0.25, 0.3) is 0 Å². The highest BCUT2D eigenvalue weighted by molar-refractivity contribution is 6.74. The maximum absolute atomic E-state index is 12.1. The molecule has 6 rings (SSSR count). The molecule has 6 unspecified atom stereocenters. The highest BCUT2D eigenvalue weighted by Gasteiger charge is 2.54. The second-order valence-corrected chi connectivity index (χ2v) is 17.4. The van der Waals surface area contributed by atoms with Crippen molar-refractivity contribution in [1.82, 2.24) is 0 Å². The molecule has 0 aliphatic heterocycles. The molecule has 1 N–H and O–H groups in total. The van der Waals surface area contributed by atoms with Gasteiger partial charge in [-0.2, -0.15) is 0 Å². The molecule has 0 radical (unpaired) electrons. The summed E-state index contributed by atoms with van der Waals surface area (Å²) in [4.78, 5) is 23.6. The van der Waals surface area contributed by atoms with Crippen molar-refractivity contribution in [3.63, 3.8) is 0 Å². The summed E-state index contributed by atoms with van der Waals surface area (Å²) in [5.41, 5.74) is -0.337. The molecule has 0 amide bonds. The number of rotatable bonds is 4. The number of terminal acetylenes is 2. The van der Waals surface area contributed by atoms with Crippen LogP contribution in [-0.2, 0) is 14.0 Å². The Morgan fingerprint density at radius 1 is 0.970 bits per heavy atom. The van der Waals surface area contributed by atoms with Crippen molar-refractivity contribution >= 4 is 19.9 Å². The Bertz CT molecular complexity index is 857. The highest BCUT2D eigenvalue weighted by Crippen LogP contribution is 2.54. The molecule has 6 saturated carbocycles. The molecule has 0 spiro atoms. The van der Waals surface area contributed by atoms with Crippen LogP contribution in [0.4, 0.5) is 0 Å². The van der Waals surface area contributed by atoms with Crippen molar-refractivity contribution in [3.05, 3.63) is 0 Å². The number of aliphatic hydroxyl groups excluding tert-OH is 1. The standard InChI is InChI=1S/C17H28O2Si.C11H14O2/c1-7-9-17-10-8-13(14(18)12-17)11-15(17)19-20(5,6)16(2,3)4;1-2-4-11-5-3-8(6-10(11)13)9(12)7-11/h1,13,15H,8-12H2,2-6H3;1,8,10,13H,3-7H2. The summed E-state index contributed by atoms with van der Waals surface area (Å²) in [6, 6.07) is 0. The lowest BCUT2D eigenvalue weighted by atomic mass is 9.57. The first kappa shape index (κ1) is 26.2. The van der Waals surface area contributed by atoms with Gasteiger partial charge >= 0.3 is 0 Å². The van der Waals surface area contributed by atoms with Crippen molar-refractivity contribution in [1.29, 1.82) is 0 Å². The summed E-state index contributed by atoms with van der Waals surface area (Å²) in [6.07, 6.45) is 18.5. The number of carbonyl (C=O) groups excluding carboxylic acids is 2. The van der Waals surface area contributed by atoms with Crippen molar-refractivity contribution in [2.75, 3.05) is 0 Å². The molecule has 6 aliphatic rings. The molecule has 0 aromatic rings. The zero-order valence-electron chi connectivity index (χ0n) is 21.2. The smallest absolute Gasteiger partial charge is 0.192 e. The number of hydrogen-bond acceptors (Lipinski definition) is 4. The summed E-state index contributed by atoms with van der Waals surface area (Å²) < 4.78 is 6.67. The zero-order valence-corrected chi connectivity index (χ0v) is 22.2. The average molecular weight is 471 g/mol. The SMILES string of the molecule is C#CCC12CCC(CC1O)C(=O)C2.C#CCC12CCC(CC1O[Si](C)(C)C(C)(C)C)C(=O)C2. The van der Waals surface area contributed by atoms with Gasteiger partial charge in [0.15, 0.2) is 8.32 Å². The van der Waals surface area contributed by atoms with E-state index < -0.39 is 8.32 Å². The normalized spacial score (nSPS) is 37.7. The Morgan fingerprint density at radius 3 is 1.94 bits per heavy atom. The summed E-state index contributed by atoms with van der Waals surface area (Å²) in [5, 5.41) is 10.1. The average Bonchev–Trinajstić information content (AvgIpc) is 2.70. The third-order valence-corrected chi connectivity index (χ3v) is 14.0. The number of ketones is 2. The summed E-state index contributed by atoms with van der Waals surface area (Å²) in [7, 11) is -1.81. The summed E-state index contributed by atoms with van der Waals surface area (Å²) >= 11 is 0. The van der Waals surface area contributed by atoms with Gasteiger partial charge in [0.2, 0.25) is 0 Å². The van der Waals surface area contributed by atoms with Gasteiger partial charge < -0.3 is 9.53 Å². The van der Waals surface area contributed by atoms with Crippen molar-refractivity contribution in [2.45, 2.75) is 115 Å². The van der Waals surface area contributed by atoms with E-state index in [0.29, 0.717) is 43.7 Å². The van der Waals surface area contributed by atoms with Gasteiger partial charge in [-0.15, -0.1) is 24.7 Å². The molecule has 6 aliphatic carbocycles. The van der Waals surface area contributed by atoms with E-state index in [-0.39, 0.29) is 39.9 Å². The van der Waals surface area contributed by atoms with Crippen LogP contribution in [0.3, 0.4) is 0 Å². The Morgan fingerprint density at radius 2 is 1.45 bits per heavy atom. The lowest BCUT2D eigenvalue weighted by molar-refractivity contribution is -0.145. The maximum atomic E-state index is 12.1. The first-order chi connectivity index (χ1) is 15.3. The Labute approximate surface area is 201 Å². The minimum Gasteiger partial charge on any atom is -0.413 e. The van der Waals surface area contributed by atoms with Crippen LogP contribution in [-0.4, -0.2) is 37.2 Å². The molecule has 182 valence electrons. The number of hydrogen-bond donors (Lipinski definition) is 1. The molecule has 33 heavy (non-hydrogen) atoms. The van der Waals surface area contributed by atoms with E-state index in [1.807, 2.05) is 0 Å². The third-order valence-electron chi connectivity index (χ3n) is 9.49. The number of aliphatic hydroxyl groups is 1. The largest absolute Gasteiger partial charge is 0.413 e. The third kappa shape index (κ3) is 5.02. The van der Waals surface area contributed by atoms with Gasteiger partial charge in [0.1, 0.15) is 11.6 Å². The molecular formula is C28H42O4Si. The second kappa shape index (κ2) is 9.33. The van der Waals surface area contributed by atoms with Gasteiger partial charge in [-0.1, -0.05) is 20.8 Å². The van der Waals surface area contributed by atoms with E-state index in [1.54, 1.807) is 0 Å². The predicted molar refractivity (Wildman–Crippen MR) is 134 cm³/mol. The van der Waals surface area contributed by atoms with Crippen LogP contribution in [0.5, 0.6) is 0 Å². The lowest BCUT2D eigenvalue weighted by Gasteiger charge is -2.53. The van der Waals surface area contributed by atoms with E-state index in [4.69, 9.17) is 17.3 Å². The van der Waals surface area contributed by atoms with Gasteiger partial charge in [-0.3, -0.25) is 9.59 Å². The first-order valence-electron chi connectivity index (χ1n) is 12.6. The fraction of sp³-hybridized carbons (Fsp3) is 0.786. The number of carbonyl (C=O) groups is 2. The number of fused-ring (bicyclic) bond motifs is 6. The summed E-state index contributed by atoms with van der Waals surface area (Å²) in [5.74, 6) is 6.48. The Hall–Kier alpha value is -1.40. The van der Waals surface area contributed by atoms with E-state index in [9.17, 15) is 14.7 Å². The van der Waals surface area contributed by atoms with E-state index in [0.717, 1.165) is 32.1 Å². The zero-order chi connectivity index (χ0) is 24.7. The molecule has 0 saturated heterocycles. The van der Waals surface area contributed by atoms with Gasteiger partial charge in [0.05, 0.1) is 12.2 Å². The molecule has 0 heterocycles. The van der Waals surface area contributed by atoms with E-state index in [2.05, 4.69) is 45.7 Å². The second-order valence-electron chi connectivity index (χ2n) is 12.6. The van der Waals surface area contributed by atoms with E-state index >= 15 is 0 Å². The minimum absolute atomic E-state index is 0.0733. The Balaban J connectivity index is 0.000000203. The van der Waals surface area contributed by atoms with Gasteiger partial charge in [-0.05, 0) is 56.7 Å². The lowest BCUT2D eigenvalue weighted by Crippen LogP contribution is -2.56. The molecule has 0 aromatic heterocycles. The van der Waals surface area contributed by atoms with E-state index in [1.165, 1.54) is 0 Å². The molecule has 6 atom stereocenters. The van der Waals surface area contributed by atoms with Crippen LogP contribution in [0, 0.1) is 47.4 Å². The maximum Gasteiger partial charge on any atom is 0.192 e. The van der Waals surface area contributed by atoms with Gasteiger partial charge in [-0.25, -0.2) is 0 Å². The predicted octanol–water partition coefficient (Wildman–Crippen LogP) is 5.29. The highest BCUT2D eigenvalue weighted by atomic mass is 28.4. The monoisotopic (exact) mass is 470 g/mol. The summed E-state index contributed by atoms with van der Waals surface area (Å²) in [6.45, 7) is 11.4. The van der Waals surface area contributed by atoms with Crippen LogP contribution in [0.25, 0.3) is 0 Å². The molecule has 0 aromatic carbocycles. The number of Topliss-reactive ketones (excluding diaryl/α,β-unsaturated/α-hetero) is 2. The molecular weight excluding hydrogens is 428 g/mol. The van der Waals surface area contributed by atoms with Crippen molar-refractivity contribution < 1.29 is 19.1 Å². The van der Waals surface area contributed by atoms with Crippen LogP contribution < -0.4 is 0 Å². The quantitative estimate of drug-likeness (QED) is 0.448.